The third-order valence-corrected chi connectivity index (χ3v) is 4.39. The molecular weight excluding hydrogens is 234 g/mol. The average Bonchev–Trinajstić information content (AvgIpc) is 2.66. The van der Waals surface area contributed by atoms with E-state index in [0.717, 1.165) is 50.3 Å². The molecule has 1 aromatic carbocycles. The first-order valence-corrected chi connectivity index (χ1v) is 6.61. The minimum atomic E-state index is -0.738. The van der Waals surface area contributed by atoms with E-state index in [2.05, 4.69) is 17.1 Å². The van der Waals surface area contributed by atoms with E-state index in [-0.39, 0.29) is 5.41 Å². The summed E-state index contributed by atoms with van der Waals surface area (Å²) in [5.41, 5.74) is 1.91. The quantitative estimate of drug-likeness (QED) is 0.825. The van der Waals surface area contributed by atoms with Crippen LogP contribution in [0.2, 0.25) is 0 Å². The molecule has 1 fully saturated rings. The van der Waals surface area contributed by atoms with Gasteiger partial charge in [-0.25, -0.2) is 8.78 Å². The number of nitrogens with one attached hydrogen (secondary N) is 1. The topological polar surface area (TPSA) is 15.3 Å². The maximum Gasteiger partial charge on any atom is 0.160 e. The van der Waals surface area contributed by atoms with Gasteiger partial charge in [0.15, 0.2) is 11.6 Å². The summed E-state index contributed by atoms with van der Waals surface area (Å²) in [7, 11) is 0. The Hall–Kier alpha value is -1.16. The standard InChI is InChI=1S/C14H18F2N2/c1-2-18-9-14(3-5-17-6-4-14)10-7-11(15)12(16)8-13(10)18/h7-8,17H,2-6,9H2,1H3. The highest BCUT2D eigenvalue weighted by Gasteiger charge is 2.43. The van der Waals surface area contributed by atoms with Gasteiger partial charge in [0.05, 0.1) is 0 Å². The molecule has 2 nitrogen and oxygen atoms in total. The molecule has 0 unspecified atom stereocenters. The number of hydrogen-bond acceptors (Lipinski definition) is 2. The van der Waals surface area contributed by atoms with E-state index in [1.165, 1.54) is 12.1 Å². The van der Waals surface area contributed by atoms with Gasteiger partial charge in [-0.05, 0) is 44.5 Å². The van der Waals surface area contributed by atoms with Crippen LogP contribution < -0.4 is 10.2 Å². The number of benzene rings is 1. The molecule has 2 aliphatic heterocycles. The van der Waals surface area contributed by atoms with Crippen molar-refractivity contribution in [3.8, 4) is 0 Å². The van der Waals surface area contributed by atoms with Crippen LogP contribution in [0.15, 0.2) is 12.1 Å². The van der Waals surface area contributed by atoms with E-state index in [0.29, 0.717) is 0 Å². The molecule has 4 heteroatoms. The fraction of sp³-hybridized carbons (Fsp3) is 0.571. The van der Waals surface area contributed by atoms with Crippen molar-refractivity contribution in [1.82, 2.24) is 5.32 Å². The number of anilines is 1. The van der Waals surface area contributed by atoms with E-state index < -0.39 is 11.6 Å². The third-order valence-electron chi connectivity index (χ3n) is 4.39. The number of hydrogen-bond donors (Lipinski definition) is 1. The predicted octanol–water partition coefficient (Wildman–Crippen LogP) is 2.43. The normalized spacial score (nSPS) is 21.4. The van der Waals surface area contributed by atoms with Gasteiger partial charge in [0, 0.05) is 30.3 Å². The van der Waals surface area contributed by atoms with Crippen molar-refractivity contribution in [2.75, 3.05) is 31.1 Å². The SMILES string of the molecule is CCN1CC2(CCNCC2)c2cc(F)c(F)cc21. The van der Waals surface area contributed by atoms with Crippen molar-refractivity contribution in [3.63, 3.8) is 0 Å². The summed E-state index contributed by atoms with van der Waals surface area (Å²) < 4.78 is 27.0. The second kappa shape index (κ2) is 4.19. The monoisotopic (exact) mass is 252 g/mol. The van der Waals surface area contributed by atoms with Gasteiger partial charge < -0.3 is 10.2 Å². The lowest BCUT2D eigenvalue weighted by atomic mass is 9.75. The molecule has 1 saturated heterocycles. The highest BCUT2D eigenvalue weighted by Crippen LogP contribution is 2.46. The van der Waals surface area contributed by atoms with Crippen LogP contribution in [-0.4, -0.2) is 26.2 Å². The lowest BCUT2D eigenvalue weighted by molar-refractivity contribution is 0.325. The molecule has 0 bridgehead atoms. The number of piperidine rings is 1. The van der Waals surface area contributed by atoms with Crippen LogP contribution in [0.3, 0.4) is 0 Å². The highest BCUT2D eigenvalue weighted by atomic mass is 19.2. The molecule has 2 aliphatic rings. The molecule has 3 rings (SSSR count). The van der Waals surface area contributed by atoms with Gasteiger partial charge in [0.1, 0.15) is 0 Å². The van der Waals surface area contributed by atoms with Crippen molar-refractivity contribution in [2.45, 2.75) is 25.2 Å². The van der Waals surface area contributed by atoms with E-state index in [1.807, 2.05) is 0 Å². The molecule has 2 heterocycles. The van der Waals surface area contributed by atoms with Crippen LogP contribution in [0, 0.1) is 11.6 Å². The smallest absolute Gasteiger partial charge is 0.160 e. The zero-order valence-corrected chi connectivity index (χ0v) is 10.6. The molecule has 0 aromatic heterocycles. The van der Waals surface area contributed by atoms with Crippen molar-refractivity contribution in [2.24, 2.45) is 0 Å². The van der Waals surface area contributed by atoms with Crippen LogP contribution in [0.4, 0.5) is 14.5 Å². The van der Waals surface area contributed by atoms with Crippen molar-refractivity contribution in [3.05, 3.63) is 29.3 Å². The molecule has 1 aromatic rings. The number of likely N-dealkylation sites (N-methyl/N-ethyl adjacent to an activating group) is 1. The lowest BCUT2D eigenvalue weighted by Gasteiger charge is -2.34. The van der Waals surface area contributed by atoms with E-state index in [1.54, 1.807) is 0 Å². The minimum Gasteiger partial charge on any atom is -0.371 e. The zero-order valence-electron chi connectivity index (χ0n) is 10.6. The summed E-state index contributed by atoms with van der Waals surface area (Å²) in [5.74, 6) is -1.46. The van der Waals surface area contributed by atoms with Gasteiger partial charge in [-0.2, -0.15) is 0 Å². The van der Waals surface area contributed by atoms with E-state index >= 15 is 0 Å². The molecule has 98 valence electrons. The second-order valence-corrected chi connectivity index (χ2v) is 5.33. The molecule has 18 heavy (non-hydrogen) atoms. The Morgan fingerprint density at radius 1 is 1.22 bits per heavy atom. The molecule has 0 aliphatic carbocycles. The van der Waals surface area contributed by atoms with Crippen molar-refractivity contribution >= 4 is 5.69 Å². The van der Waals surface area contributed by atoms with Crippen molar-refractivity contribution in [1.29, 1.82) is 0 Å². The summed E-state index contributed by atoms with van der Waals surface area (Å²) in [6.45, 7) is 5.70. The minimum absolute atomic E-state index is 0.0190. The Kier molecular flexibility index (Phi) is 2.77. The lowest BCUT2D eigenvalue weighted by Crippen LogP contribution is -2.43. The maximum absolute atomic E-state index is 13.5. The summed E-state index contributed by atoms with van der Waals surface area (Å²) in [4.78, 5) is 2.17. The highest BCUT2D eigenvalue weighted by molar-refractivity contribution is 5.63. The average molecular weight is 252 g/mol. The Labute approximate surface area is 106 Å². The first-order chi connectivity index (χ1) is 8.66. The van der Waals surface area contributed by atoms with Crippen LogP contribution in [0.25, 0.3) is 0 Å². The summed E-state index contributed by atoms with van der Waals surface area (Å²) in [5, 5.41) is 3.34. The predicted molar refractivity (Wildman–Crippen MR) is 68.0 cm³/mol. The molecule has 1 spiro atoms. The van der Waals surface area contributed by atoms with Crippen LogP contribution in [0.1, 0.15) is 25.3 Å². The molecule has 0 radical (unpaired) electrons. The van der Waals surface area contributed by atoms with Crippen LogP contribution in [0.5, 0.6) is 0 Å². The first-order valence-electron chi connectivity index (χ1n) is 6.61. The van der Waals surface area contributed by atoms with Gasteiger partial charge in [0.2, 0.25) is 0 Å². The Morgan fingerprint density at radius 2 is 1.89 bits per heavy atom. The second-order valence-electron chi connectivity index (χ2n) is 5.33. The van der Waals surface area contributed by atoms with E-state index in [4.69, 9.17) is 0 Å². The number of rotatable bonds is 1. The Balaban J connectivity index is 2.10. The Morgan fingerprint density at radius 3 is 2.56 bits per heavy atom. The van der Waals surface area contributed by atoms with Gasteiger partial charge >= 0.3 is 0 Å². The number of nitrogens with zero attached hydrogens (tertiary/aromatic N) is 1. The van der Waals surface area contributed by atoms with Crippen LogP contribution >= 0.6 is 0 Å². The van der Waals surface area contributed by atoms with Crippen LogP contribution in [-0.2, 0) is 5.41 Å². The summed E-state index contributed by atoms with van der Waals surface area (Å²) in [6, 6.07) is 2.79. The largest absolute Gasteiger partial charge is 0.371 e. The van der Waals surface area contributed by atoms with Gasteiger partial charge in [-0.1, -0.05) is 0 Å². The zero-order chi connectivity index (χ0) is 12.8. The fourth-order valence-electron chi connectivity index (χ4n) is 3.37. The molecule has 0 atom stereocenters. The van der Waals surface area contributed by atoms with Gasteiger partial charge in [0.25, 0.3) is 0 Å². The first kappa shape index (κ1) is 11.9. The molecule has 0 amide bonds. The van der Waals surface area contributed by atoms with Gasteiger partial charge in [-0.15, -0.1) is 0 Å². The third kappa shape index (κ3) is 1.62. The molecule has 1 N–H and O–H groups in total. The molecular formula is C14H18F2N2. The Bertz CT molecular complexity index is 467. The van der Waals surface area contributed by atoms with E-state index in [9.17, 15) is 8.78 Å². The number of halogens is 2. The summed E-state index contributed by atoms with van der Waals surface area (Å²) in [6.07, 6.45) is 2.00. The maximum atomic E-state index is 13.5. The molecule has 0 saturated carbocycles. The summed E-state index contributed by atoms with van der Waals surface area (Å²) >= 11 is 0. The fourth-order valence-corrected chi connectivity index (χ4v) is 3.37. The van der Waals surface area contributed by atoms with Crippen molar-refractivity contribution < 1.29 is 8.78 Å². The van der Waals surface area contributed by atoms with Gasteiger partial charge in [-0.3, -0.25) is 0 Å². The number of fused-ring (bicyclic) bond motifs is 2.